The van der Waals surface area contributed by atoms with Gasteiger partial charge in [-0.3, -0.25) is 9.78 Å². The molecule has 0 radical (unpaired) electrons. The van der Waals surface area contributed by atoms with Crippen LogP contribution < -0.4 is 0 Å². The van der Waals surface area contributed by atoms with E-state index in [0.717, 1.165) is 11.1 Å². The Kier molecular flexibility index (Phi) is 4.04. The zero-order valence-corrected chi connectivity index (χ0v) is 12.6. The number of pyridine rings is 1. The lowest BCUT2D eigenvalue weighted by Gasteiger charge is -2.24. The highest BCUT2D eigenvalue weighted by Crippen LogP contribution is 2.24. The maximum absolute atomic E-state index is 12.4. The Labute approximate surface area is 120 Å². The van der Waals surface area contributed by atoms with Crippen LogP contribution in [0, 0.1) is 6.92 Å². The van der Waals surface area contributed by atoms with Crippen LogP contribution in [0.4, 0.5) is 0 Å². The van der Waals surface area contributed by atoms with Gasteiger partial charge in [0.05, 0.1) is 6.04 Å². The minimum absolute atomic E-state index is 0.0653. The van der Waals surface area contributed by atoms with E-state index in [1.807, 2.05) is 26.0 Å². The van der Waals surface area contributed by atoms with Crippen LogP contribution in [0.25, 0.3) is 0 Å². The van der Waals surface area contributed by atoms with Gasteiger partial charge in [-0.05, 0) is 47.5 Å². The van der Waals surface area contributed by atoms with Crippen molar-refractivity contribution >= 4 is 21.8 Å². The Morgan fingerprint density at radius 2 is 2.26 bits per heavy atom. The van der Waals surface area contributed by atoms with Gasteiger partial charge in [-0.25, -0.2) is 0 Å². The van der Waals surface area contributed by atoms with Gasteiger partial charge in [0.25, 0.3) is 5.91 Å². The summed E-state index contributed by atoms with van der Waals surface area (Å²) in [5.74, 6) is 0.227. The molecule has 0 aliphatic heterocycles. The van der Waals surface area contributed by atoms with Crippen molar-refractivity contribution in [1.82, 2.24) is 9.88 Å². The van der Waals surface area contributed by atoms with Crippen molar-refractivity contribution < 1.29 is 9.21 Å². The van der Waals surface area contributed by atoms with Crippen LogP contribution in [0.2, 0.25) is 0 Å². The van der Waals surface area contributed by atoms with Crippen LogP contribution in [0.3, 0.4) is 0 Å². The van der Waals surface area contributed by atoms with Crippen molar-refractivity contribution in [2.24, 2.45) is 0 Å². The number of nitrogens with zero attached hydrogens (tertiary/aromatic N) is 2. The predicted octanol–water partition coefficient (Wildman–Crippen LogP) is 3.58. The van der Waals surface area contributed by atoms with Gasteiger partial charge in [-0.2, -0.15) is 0 Å². The Morgan fingerprint density at radius 3 is 2.79 bits per heavy atom. The third-order valence-electron chi connectivity index (χ3n) is 3.15. The average Bonchev–Trinajstić information content (AvgIpc) is 2.76. The maximum Gasteiger partial charge on any atom is 0.290 e. The van der Waals surface area contributed by atoms with Crippen molar-refractivity contribution in [2.75, 3.05) is 7.05 Å². The van der Waals surface area contributed by atoms with Crippen LogP contribution in [0.15, 0.2) is 39.7 Å². The summed E-state index contributed by atoms with van der Waals surface area (Å²) in [6.07, 6.45) is 3.48. The van der Waals surface area contributed by atoms with E-state index in [9.17, 15) is 4.79 Å². The van der Waals surface area contributed by atoms with Gasteiger partial charge in [-0.1, -0.05) is 6.07 Å². The molecule has 4 nitrogen and oxygen atoms in total. The highest BCUT2D eigenvalue weighted by Gasteiger charge is 2.23. The molecule has 0 saturated heterocycles. The molecular weight excluding hydrogens is 308 g/mol. The molecule has 0 bridgehead atoms. The molecule has 2 rings (SSSR count). The third kappa shape index (κ3) is 2.87. The number of carbonyl (C=O) groups is 1. The van der Waals surface area contributed by atoms with Crippen LogP contribution in [0.5, 0.6) is 0 Å². The molecule has 1 amide bonds. The van der Waals surface area contributed by atoms with E-state index in [0.29, 0.717) is 10.4 Å². The third-order valence-corrected chi connectivity index (χ3v) is 3.54. The lowest BCUT2D eigenvalue weighted by atomic mass is 10.1. The van der Waals surface area contributed by atoms with Gasteiger partial charge in [0.15, 0.2) is 10.4 Å². The Morgan fingerprint density at radius 1 is 1.53 bits per heavy atom. The van der Waals surface area contributed by atoms with Crippen molar-refractivity contribution in [3.8, 4) is 0 Å². The molecule has 1 atom stereocenters. The molecule has 5 heteroatoms. The molecule has 2 aromatic heterocycles. The largest absolute Gasteiger partial charge is 0.444 e. The Balaban J connectivity index is 2.22. The number of carbonyl (C=O) groups excluding carboxylic acids is 1. The molecular formula is C14H15BrN2O2. The van der Waals surface area contributed by atoms with Crippen LogP contribution in [-0.2, 0) is 0 Å². The van der Waals surface area contributed by atoms with E-state index < -0.39 is 0 Å². The number of aromatic nitrogens is 1. The summed E-state index contributed by atoms with van der Waals surface area (Å²) in [5.41, 5.74) is 1.81. The summed E-state index contributed by atoms with van der Waals surface area (Å²) < 4.78 is 5.96. The SMILES string of the molecule is Cc1cc(Br)oc1C(=O)N(C)[C@@H](C)c1cccnc1. The summed E-state index contributed by atoms with van der Waals surface area (Å²) in [5, 5.41) is 0. The number of aryl methyl sites for hydroxylation is 1. The standard InChI is InChI=1S/C14H15BrN2O2/c1-9-7-12(15)19-13(9)14(18)17(3)10(2)11-5-4-6-16-8-11/h4-8,10H,1-3H3/t10-/m0/s1. The van der Waals surface area contributed by atoms with Crippen molar-refractivity contribution in [2.45, 2.75) is 19.9 Å². The molecule has 100 valence electrons. The van der Waals surface area contributed by atoms with Gasteiger partial charge in [0, 0.05) is 25.0 Å². The van der Waals surface area contributed by atoms with E-state index in [-0.39, 0.29) is 11.9 Å². The number of hydrogen-bond donors (Lipinski definition) is 0. The molecule has 0 fully saturated rings. The first-order valence-corrected chi connectivity index (χ1v) is 6.73. The zero-order chi connectivity index (χ0) is 14.0. The molecule has 19 heavy (non-hydrogen) atoms. The van der Waals surface area contributed by atoms with E-state index in [1.165, 1.54) is 0 Å². The van der Waals surface area contributed by atoms with Crippen LogP contribution >= 0.6 is 15.9 Å². The first kappa shape index (κ1) is 13.8. The van der Waals surface area contributed by atoms with E-state index in [4.69, 9.17) is 4.42 Å². The van der Waals surface area contributed by atoms with E-state index in [2.05, 4.69) is 20.9 Å². The first-order chi connectivity index (χ1) is 9.00. The smallest absolute Gasteiger partial charge is 0.290 e. The van der Waals surface area contributed by atoms with Gasteiger partial charge in [-0.15, -0.1) is 0 Å². The Hall–Kier alpha value is -1.62. The number of halogens is 1. The molecule has 0 spiro atoms. The Bertz CT molecular complexity index is 580. The van der Waals surface area contributed by atoms with Gasteiger partial charge < -0.3 is 9.32 Å². The first-order valence-electron chi connectivity index (χ1n) is 5.93. The average molecular weight is 323 g/mol. The molecule has 0 N–H and O–H groups in total. The second-order valence-electron chi connectivity index (χ2n) is 4.44. The molecule has 2 aromatic rings. The zero-order valence-electron chi connectivity index (χ0n) is 11.1. The summed E-state index contributed by atoms with van der Waals surface area (Å²) in [7, 11) is 1.76. The summed E-state index contributed by atoms with van der Waals surface area (Å²) in [6.45, 7) is 3.81. The topological polar surface area (TPSA) is 46.3 Å². The highest BCUT2D eigenvalue weighted by atomic mass is 79.9. The fourth-order valence-corrected chi connectivity index (χ4v) is 2.34. The molecule has 0 aromatic carbocycles. The maximum atomic E-state index is 12.4. The lowest BCUT2D eigenvalue weighted by molar-refractivity contribution is 0.0708. The number of rotatable bonds is 3. The molecule has 0 aliphatic carbocycles. The fourth-order valence-electron chi connectivity index (χ4n) is 1.84. The minimum atomic E-state index is -0.139. The minimum Gasteiger partial charge on any atom is -0.444 e. The summed E-state index contributed by atoms with van der Waals surface area (Å²) >= 11 is 3.23. The van der Waals surface area contributed by atoms with E-state index >= 15 is 0 Å². The molecule has 0 saturated carbocycles. The molecule has 2 heterocycles. The van der Waals surface area contributed by atoms with Gasteiger partial charge in [0.1, 0.15) is 0 Å². The molecule has 0 aliphatic rings. The second kappa shape index (κ2) is 5.57. The molecule has 0 unspecified atom stereocenters. The van der Waals surface area contributed by atoms with E-state index in [1.54, 1.807) is 30.4 Å². The van der Waals surface area contributed by atoms with Crippen molar-refractivity contribution in [1.29, 1.82) is 0 Å². The fraction of sp³-hybridized carbons (Fsp3) is 0.286. The lowest BCUT2D eigenvalue weighted by Crippen LogP contribution is -2.29. The normalized spacial score (nSPS) is 12.2. The number of furan rings is 1. The number of amides is 1. The van der Waals surface area contributed by atoms with Crippen LogP contribution in [-0.4, -0.2) is 22.8 Å². The number of hydrogen-bond acceptors (Lipinski definition) is 3. The second-order valence-corrected chi connectivity index (χ2v) is 5.22. The van der Waals surface area contributed by atoms with Crippen molar-refractivity contribution in [3.63, 3.8) is 0 Å². The van der Waals surface area contributed by atoms with Gasteiger partial charge >= 0.3 is 0 Å². The predicted molar refractivity (Wildman–Crippen MR) is 75.9 cm³/mol. The summed E-state index contributed by atoms with van der Waals surface area (Å²) in [6, 6.07) is 5.53. The van der Waals surface area contributed by atoms with Crippen LogP contribution in [0.1, 0.15) is 34.6 Å². The van der Waals surface area contributed by atoms with Gasteiger partial charge in [0.2, 0.25) is 0 Å². The summed E-state index contributed by atoms with van der Waals surface area (Å²) in [4.78, 5) is 18.1. The van der Waals surface area contributed by atoms with Crippen molar-refractivity contribution in [3.05, 3.63) is 52.1 Å². The quantitative estimate of drug-likeness (QED) is 0.867. The highest BCUT2D eigenvalue weighted by molar-refractivity contribution is 9.10. The monoisotopic (exact) mass is 322 g/mol.